The van der Waals surface area contributed by atoms with Crippen LogP contribution in [-0.2, 0) is 4.79 Å². The fourth-order valence-corrected chi connectivity index (χ4v) is 2.15. The Kier molecular flexibility index (Phi) is 3.83. The first-order valence-corrected chi connectivity index (χ1v) is 5.94. The number of nitro benzene ring substituents is 1. The molecule has 1 amide bonds. The Morgan fingerprint density at radius 2 is 2.00 bits per heavy atom. The van der Waals surface area contributed by atoms with Crippen molar-refractivity contribution in [3.05, 3.63) is 39.4 Å². The van der Waals surface area contributed by atoms with E-state index in [4.69, 9.17) is 5.11 Å². The lowest BCUT2D eigenvalue weighted by Crippen LogP contribution is -2.51. The average molecular weight is 300 g/mol. The summed E-state index contributed by atoms with van der Waals surface area (Å²) >= 11 is 0. The highest BCUT2D eigenvalue weighted by Crippen LogP contribution is 2.27. The molecule has 0 aliphatic carbocycles. The van der Waals surface area contributed by atoms with Crippen LogP contribution < -0.4 is 0 Å². The van der Waals surface area contributed by atoms with Crippen LogP contribution in [0.5, 0.6) is 0 Å². The van der Waals surface area contributed by atoms with Gasteiger partial charge in [0.05, 0.1) is 11.3 Å². The fourth-order valence-electron chi connectivity index (χ4n) is 2.15. The van der Waals surface area contributed by atoms with E-state index in [1.54, 1.807) is 0 Å². The van der Waals surface area contributed by atoms with E-state index >= 15 is 0 Å². The normalized spacial score (nSPS) is 14.7. The molecule has 1 saturated heterocycles. The van der Waals surface area contributed by atoms with Crippen LogP contribution in [0.1, 0.15) is 16.8 Å². The first kappa shape index (κ1) is 14.8. The molecule has 1 aromatic carbocycles. The van der Waals surface area contributed by atoms with Crippen LogP contribution in [0.2, 0.25) is 0 Å². The number of rotatable bonds is 4. The predicted octanol–water partition coefficient (Wildman–Crippen LogP) is 1.42. The molecule has 21 heavy (non-hydrogen) atoms. The second-order valence-electron chi connectivity index (χ2n) is 4.69. The Morgan fingerprint density at radius 3 is 2.52 bits per heavy atom. The highest BCUT2D eigenvalue weighted by Gasteiger charge is 2.36. The number of hydrogen-bond acceptors (Lipinski definition) is 4. The molecule has 0 aromatic heterocycles. The number of halogens is 2. The van der Waals surface area contributed by atoms with Crippen LogP contribution >= 0.6 is 0 Å². The highest BCUT2D eigenvalue weighted by molar-refractivity contribution is 5.96. The van der Waals surface area contributed by atoms with Gasteiger partial charge in [-0.25, -0.2) is 4.39 Å². The molecule has 112 valence electrons. The van der Waals surface area contributed by atoms with Gasteiger partial charge in [-0.15, -0.1) is 0 Å². The molecule has 0 spiro atoms. The summed E-state index contributed by atoms with van der Waals surface area (Å²) in [6, 6.07) is 1.30. The van der Waals surface area contributed by atoms with Gasteiger partial charge in [-0.2, -0.15) is 4.39 Å². The van der Waals surface area contributed by atoms with Crippen LogP contribution in [0.25, 0.3) is 0 Å². The van der Waals surface area contributed by atoms with E-state index in [0.717, 1.165) is 4.90 Å². The van der Waals surface area contributed by atoms with Crippen molar-refractivity contribution in [1.29, 1.82) is 0 Å². The number of hydrogen-bond donors (Lipinski definition) is 1. The maximum absolute atomic E-state index is 13.8. The Balaban J connectivity index is 2.19. The second-order valence-corrected chi connectivity index (χ2v) is 4.69. The lowest BCUT2D eigenvalue weighted by atomic mass is 9.95. The minimum Gasteiger partial charge on any atom is -0.481 e. The minimum atomic E-state index is -1.52. The number of carboxylic acid groups (broad SMARTS) is 1. The molecule has 1 aromatic rings. The molecule has 1 aliphatic heterocycles. The van der Waals surface area contributed by atoms with Crippen molar-refractivity contribution in [3.63, 3.8) is 0 Å². The fraction of sp³-hybridized carbons (Fsp3) is 0.333. The molecule has 9 heteroatoms. The summed E-state index contributed by atoms with van der Waals surface area (Å²) in [5.41, 5.74) is -1.97. The molecule has 1 fully saturated rings. The standard InChI is InChI=1S/C12H10F2N2O5/c13-7-1-2-8(16(20)21)11(14)10(7)12(19)15-4-6(5-15)3-9(17)18/h1-2,6H,3-5H2,(H,17,18). The molecular formula is C12H10F2N2O5. The van der Waals surface area contributed by atoms with E-state index in [-0.39, 0.29) is 25.4 Å². The summed E-state index contributed by atoms with van der Waals surface area (Å²) in [4.78, 5) is 33.0. The van der Waals surface area contributed by atoms with Gasteiger partial charge < -0.3 is 10.0 Å². The van der Waals surface area contributed by atoms with Gasteiger partial charge in [-0.1, -0.05) is 0 Å². The van der Waals surface area contributed by atoms with Crippen LogP contribution in [0.4, 0.5) is 14.5 Å². The molecule has 1 N–H and O–H groups in total. The SMILES string of the molecule is O=C(O)CC1CN(C(=O)c2c(F)ccc([N+](=O)[O-])c2F)C1. The minimum absolute atomic E-state index is 0.0483. The Bertz CT molecular complexity index is 628. The molecule has 0 bridgehead atoms. The summed E-state index contributed by atoms with van der Waals surface area (Å²) in [7, 11) is 0. The van der Waals surface area contributed by atoms with Crippen molar-refractivity contribution in [2.24, 2.45) is 5.92 Å². The Labute approximate surface area is 116 Å². The Hall–Kier alpha value is -2.58. The number of aliphatic carboxylic acids is 1. The summed E-state index contributed by atoms with van der Waals surface area (Å²) in [5, 5.41) is 19.2. The van der Waals surface area contributed by atoms with E-state index in [1.807, 2.05) is 0 Å². The molecule has 2 rings (SSSR count). The Morgan fingerprint density at radius 1 is 1.38 bits per heavy atom. The van der Waals surface area contributed by atoms with Crippen molar-refractivity contribution >= 4 is 17.6 Å². The van der Waals surface area contributed by atoms with E-state index in [1.165, 1.54) is 0 Å². The zero-order valence-corrected chi connectivity index (χ0v) is 10.6. The molecule has 0 radical (unpaired) electrons. The van der Waals surface area contributed by atoms with Gasteiger partial charge in [0.25, 0.3) is 5.91 Å². The lowest BCUT2D eigenvalue weighted by Gasteiger charge is -2.38. The third-order valence-corrected chi connectivity index (χ3v) is 3.19. The first-order valence-electron chi connectivity index (χ1n) is 5.94. The number of nitrogens with zero attached hydrogens (tertiary/aromatic N) is 2. The van der Waals surface area contributed by atoms with Gasteiger partial charge in [0.2, 0.25) is 5.82 Å². The molecule has 0 atom stereocenters. The first-order chi connectivity index (χ1) is 9.81. The highest BCUT2D eigenvalue weighted by atomic mass is 19.1. The van der Waals surface area contributed by atoms with E-state index < -0.39 is 39.7 Å². The van der Waals surface area contributed by atoms with Crippen molar-refractivity contribution in [3.8, 4) is 0 Å². The van der Waals surface area contributed by atoms with Gasteiger partial charge in [-0.05, 0) is 6.07 Å². The lowest BCUT2D eigenvalue weighted by molar-refractivity contribution is -0.387. The largest absolute Gasteiger partial charge is 0.481 e. The third kappa shape index (κ3) is 2.81. The number of nitro groups is 1. The average Bonchev–Trinajstić information content (AvgIpc) is 2.32. The van der Waals surface area contributed by atoms with Crippen LogP contribution in [0.3, 0.4) is 0 Å². The van der Waals surface area contributed by atoms with E-state index in [0.29, 0.717) is 12.1 Å². The second kappa shape index (κ2) is 5.43. The van der Waals surface area contributed by atoms with Crippen molar-refractivity contribution in [1.82, 2.24) is 4.90 Å². The van der Waals surface area contributed by atoms with E-state index in [9.17, 15) is 28.5 Å². The topological polar surface area (TPSA) is 101 Å². The number of likely N-dealkylation sites (tertiary alicyclic amines) is 1. The molecule has 0 saturated carbocycles. The number of carboxylic acids is 1. The molecule has 1 aliphatic rings. The molecule has 1 heterocycles. The van der Waals surface area contributed by atoms with Crippen LogP contribution in [0, 0.1) is 27.7 Å². The zero-order chi connectivity index (χ0) is 15.7. The van der Waals surface area contributed by atoms with Crippen LogP contribution in [-0.4, -0.2) is 39.9 Å². The number of amides is 1. The molecule has 7 nitrogen and oxygen atoms in total. The van der Waals surface area contributed by atoms with Gasteiger partial charge >= 0.3 is 11.7 Å². The summed E-state index contributed by atoms with van der Waals surface area (Å²) in [6.07, 6.45) is -0.149. The number of benzene rings is 1. The van der Waals surface area contributed by atoms with Crippen molar-refractivity contribution in [2.45, 2.75) is 6.42 Å². The number of carbonyl (C=O) groups is 2. The summed E-state index contributed by atoms with van der Waals surface area (Å²) in [5.74, 6) is -5.04. The summed E-state index contributed by atoms with van der Waals surface area (Å²) < 4.78 is 27.4. The third-order valence-electron chi connectivity index (χ3n) is 3.19. The van der Waals surface area contributed by atoms with Gasteiger partial charge in [0.1, 0.15) is 11.4 Å². The van der Waals surface area contributed by atoms with Gasteiger partial charge in [-0.3, -0.25) is 19.7 Å². The molecular weight excluding hydrogens is 290 g/mol. The van der Waals surface area contributed by atoms with Gasteiger partial charge in [0.15, 0.2) is 0 Å². The maximum atomic E-state index is 13.8. The summed E-state index contributed by atoms with van der Waals surface area (Å²) in [6.45, 7) is 0.0966. The smallest absolute Gasteiger partial charge is 0.305 e. The monoisotopic (exact) mass is 300 g/mol. The zero-order valence-electron chi connectivity index (χ0n) is 10.6. The predicted molar refractivity (Wildman–Crippen MR) is 64.7 cm³/mol. The van der Waals surface area contributed by atoms with Crippen molar-refractivity contribution < 1.29 is 28.4 Å². The number of carbonyl (C=O) groups excluding carboxylic acids is 1. The van der Waals surface area contributed by atoms with Gasteiger partial charge in [0, 0.05) is 25.1 Å². The maximum Gasteiger partial charge on any atom is 0.305 e. The van der Waals surface area contributed by atoms with E-state index in [2.05, 4.69) is 0 Å². The van der Waals surface area contributed by atoms with Crippen molar-refractivity contribution in [2.75, 3.05) is 13.1 Å². The molecule has 0 unspecified atom stereocenters. The van der Waals surface area contributed by atoms with Crippen LogP contribution in [0.15, 0.2) is 12.1 Å². The quantitative estimate of drug-likeness (QED) is 0.669.